The number of hydrogen-bond acceptors (Lipinski definition) is 5. The molecule has 0 radical (unpaired) electrons. The van der Waals surface area contributed by atoms with Gasteiger partial charge in [-0.25, -0.2) is 4.98 Å². The predicted octanol–water partition coefficient (Wildman–Crippen LogP) is 3.22. The summed E-state index contributed by atoms with van der Waals surface area (Å²) < 4.78 is 6.35. The monoisotopic (exact) mass is 435 g/mol. The van der Waals surface area contributed by atoms with Crippen LogP contribution in [0.3, 0.4) is 0 Å². The van der Waals surface area contributed by atoms with Crippen molar-refractivity contribution >= 4 is 44.2 Å². The van der Waals surface area contributed by atoms with Gasteiger partial charge in [-0.1, -0.05) is 27.3 Å². The zero-order valence-electron chi connectivity index (χ0n) is 14.0. The van der Waals surface area contributed by atoms with E-state index in [0.717, 1.165) is 27.9 Å². The zero-order valence-corrected chi connectivity index (χ0v) is 16.4. The third-order valence-electron chi connectivity index (χ3n) is 4.56. The van der Waals surface area contributed by atoms with E-state index >= 15 is 0 Å². The molecule has 2 aliphatic rings. The summed E-state index contributed by atoms with van der Waals surface area (Å²) in [6.07, 6.45) is 2.00. The Balaban J connectivity index is 1.43. The minimum atomic E-state index is -0.369. The normalized spacial score (nSPS) is 19.3. The van der Waals surface area contributed by atoms with E-state index in [9.17, 15) is 9.59 Å². The molecule has 1 unspecified atom stereocenters. The number of aromatic nitrogens is 1. The highest BCUT2D eigenvalue weighted by molar-refractivity contribution is 9.10. The van der Waals surface area contributed by atoms with Crippen LogP contribution in [0, 0.1) is 0 Å². The van der Waals surface area contributed by atoms with Crippen molar-refractivity contribution in [2.75, 3.05) is 18.5 Å². The molecule has 6 nitrogen and oxygen atoms in total. The average Bonchev–Trinajstić information content (AvgIpc) is 3.30. The highest BCUT2D eigenvalue weighted by Crippen LogP contribution is 2.29. The molecule has 0 saturated carbocycles. The smallest absolute Gasteiger partial charge is 0.255 e. The van der Waals surface area contributed by atoms with Crippen LogP contribution in [0.15, 0.2) is 28.7 Å². The fraction of sp³-hybridized carbons (Fsp3) is 0.389. The Kier molecular flexibility index (Phi) is 5.06. The Bertz CT molecular complexity index is 831. The summed E-state index contributed by atoms with van der Waals surface area (Å²) in [5.74, 6) is -0.113. The SMILES string of the molecule is O=C(Nc1nc2c(s1)CN(C(=O)c1ccc(Br)cc1)CC2)C1CCCO1. The molecule has 0 bridgehead atoms. The number of carbonyl (C=O) groups excluding carboxylic acids is 2. The Morgan fingerprint density at radius 2 is 2.12 bits per heavy atom. The number of nitrogens with one attached hydrogen (secondary N) is 1. The maximum absolute atomic E-state index is 12.7. The highest BCUT2D eigenvalue weighted by Gasteiger charge is 2.27. The Morgan fingerprint density at radius 3 is 2.85 bits per heavy atom. The summed E-state index contributed by atoms with van der Waals surface area (Å²) in [7, 11) is 0. The van der Waals surface area contributed by atoms with Crippen LogP contribution in [0.2, 0.25) is 0 Å². The van der Waals surface area contributed by atoms with Crippen molar-refractivity contribution in [2.24, 2.45) is 0 Å². The van der Waals surface area contributed by atoms with Gasteiger partial charge in [-0.05, 0) is 37.1 Å². The molecule has 26 heavy (non-hydrogen) atoms. The fourth-order valence-corrected chi connectivity index (χ4v) is 4.46. The van der Waals surface area contributed by atoms with E-state index in [2.05, 4.69) is 26.2 Å². The minimum absolute atomic E-state index is 0.0153. The van der Waals surface area contributed by atoms with Gasteiger partial charge in [0.2, 0.25) is 0 Å². The number of anilines is 1. The van der Waals surface area contributed by atoms with Crippen molar-refractivity contribution < 1.29 is 14.3 Å². The van der Waals surface area contributed by atoms with Crippen molar-refractivity contribution in [1.29, 1.82) is 0 Å². The molecule has 1 fully saturated rings. The lowest BCUT2D eigenvalue weighted by molar-refractivity contribution is -0.124. The zero-order chi connectivity index (χ0) is 18.1. The van der Waals surface area contributed by atoms with Gasteiger partial charge in [-0.2, -0.15) is 0 Å². The van der Waals surface area contributed by atoms with Crippen LogP contribution in [0.25, 0.3) is 0 Å². The summed E-state index contributed by atoms with van der Waals surface area (Å²) in [5.41, 5.74) is 1.64. The quantitative estimate of drug-likeness (QED) is 0.802. The minimum Gasteiger partial charge on any atom is -0.368 e. The van der Waals surface area contributed by atoms with E-state index in [0.29, 0.717) is 36.8 Å². The van der Waals surface area contributed by atoms with Gasteiger partial charge in [0.25, 0.3) is 11.8 Å². The lowest BCUT2D eigenvalue weighted by Crippen LogP contribution is -2.35. The van der Waals surface area contributed by atoms with Gasteiger partial charge in [0.1, 0.15) is 6.10 Å². The van der Waals surface area contributed by atoms with E-state index < -0.39 is 0 Å². The van der Waals surface area contributed by atoms with E-state index in [1.54, 1.807) is 0 Å². The predicted molar refractivity (Wildman–Crippen MR) is 102 cm³/mol. The third kappa shape index (κ3) is 3.67. The van der Waals surface area contributed by atoms with Crippen molar-refractivity contribution in [3.8, 4) is 0 Å². The van der Waals surface area contributed by atoms with Gasteiger partial charge in [-0.15, -0.1) is 0 Å². The number of nitrogens with zero attached hydrogens (tertiary/aromatic N) is 2. The Morgan fingerprint density at radius 1 is 1.31 bits per heavy atom. The summed E-state index contributed by atoms with van der Waals surface area (Å²) in [4.78, 5) is 32.3. The largest absolute Gasteiger partial charge is 0.368 e. The lowest BCUT2D eigenvalue weighted by atomic mass is 10.1. The van der Waals surface area contributed by atoms with Crippen LogP contribution in [-0.4, -0.2) is 41.0 Å². The molecular weight excluding hydrogens is 418 g/mol. The summed E-state index contributed by atoms with van der Waals surface area (Å²) in [5, 5.41) is 3.45. The van der Waals surface area contributed by atoms with Crippen LogP contribution in [-0.2, 0) is 22.5 Å². The summed E-state index contributed by atoms with van der Waals surface area (Å²) in [6, 6.07) is 7.38. The fourth-order valence-electron chi connectivity index (χ4n) is 3.17. The Labute approximate surface area is 163 Å². The van der Waals surface area contributed by atoms with Crippen molar-refractivity contribution in [3.63, 3.8) is 0 Å². The number of benzene rings is 1. The van der Waals surface area contributed by atoms with Gasteiger partial charge in [0.15, 0.2) is 5.13 Å². The standard InChI is InChI=1S/C18H18BrN3O3S/c19-12-5-3-11(4-6-12)17(24)22-8-7-13-15(10-22)26-18(20-13)21-16(23)14-2-1-9-25-14/h3-6,14H,1-2,7-10H2,(H,20,21,23). The van der Waals surface area contributed by atoms with Crippen LogP contribution < -0.4 is 5.32 Å². The second-order valence-corrected chi connectivity index (χ2v) is 8.36. The van der Waals surface area contributed by atoms with Crippen molar-refractivity contribution in [1.82, 2.24) is 9.88 Å². The van der Waals surface area contributed by atoms with Gasteiger partial charge >= 0.3 is 0 Å². The molecule has 3 heterocycles. The molecule has 2 aromatic rings. The number of carbonyl (C=O) groups is 2. The first-order valence-corrected chi connectivity index (χ1v) is 10.2. The topological polar surface area (TPSA) is 71.5 Å². The molecule has 1 saturated heterocycles. The van der Waals surface area contributed by atoms with Crippen LogP contribution in [0.5, 0.6) is 0 Å². The molecule has 0 spiro atoms. The van der Waals surface area contributed by atoms with Gasteiger partial charge in [0, 0.05) is 34.5 Å². The molecule has 136 valence electrons. The highest BCUT2D eigenvalue weighted by atomic mass is 79.9. The van der Waals surface area contributed by atoms with Crippen LogP contribution in [0.4, 0.5) is 5.13 Å². The summed E-state index contributed by atoms with van der Waals surface area (Å²) in [6.45, 7) is 1.79. The first-order chi connectivity index (χ1) is 12.6. The number of amides is 2. The maximum Gasteiger partial charge on any atom is 0.255 e. The second kappa shape index (κ2) is 7.46. The third-order valence-corrected chi connectivity index (χ3v) is 6.09. The molecule has 1 aromatic heterocycles. The summed E-state index contributed by atoms with van der Waals surface area (Å²) >= 11 is 4.82. The molecule has 1 aromatic carbocycles. The maximum atomic E-state index is 12.7. The van der Waals surface area contributed by atoms with Gasteiger partial charge in [0.05, 0.1) is 12.2 Å². The first-order valence-electron chi connectivity index (χ1n) is 8.56. The number of ether oxygens (including phenoxy) is 1. The molecule has 1 atom stereocenters. The lowest BCUT2D eigenvalue weighted by Gasteiger charge is -2.26. The second-order valence-electron chi connectivity index (χ2n) is 6.36. The van der Waals surface area contributed by atoms with E-state index in [-0.39, 0.29) is 17.9 Å². The van der Waals surface area contributed by atoms with Gasteiger partial charge < -0.3 is 9.64 Å². The van der Waals surface area contributed by atoms with E-state index in [1.165, 1.54) is 11.3 Å². The van der Waals surface area contributed by atoms with E-state index in [1.807, 2.05) is 29.2 Å². The number of rotatable bonds is 3. The van der Waals surface area contributed by atoms with Crippen molar-refractivity contribution in [2.45, 2.75) is 31.9 Å². The molecule has 8 heteroatoms. The molecule has 1 N–H and O–H groups in total. The van der Waals surface area contributed by atoms with Gasteiger partial charge in [-0.3, -0.25) is 14.9 Å². The molecule has 0 aliphatic carbocycles. The molecule has 4 rings (SSSR count). The number of thiazole rings is 1. The number of fused-ring (bicyclic) bond motifs is 1. The Hall–Kier alpha value is -1.77. The first kappa shape index (κ1) is 17.6. The van der Waals surface area contributed by atoms with Crippen molar-refractivity contribution in [3.05, 3.63) is 44.9 Å². The average molecular weight is 436 g/mol. The molecule has 2 amide bonds. The molecule has 2 aliphatic heterocycles. The van der Waals surface area contributed by atoms with Crippen LogP contribution in [0.1, 0.15) is 33.8 Å². The van der Waals surface area contributed by atoms with Crippen LogP contribution >= 0.6 is 27.3 Å². The number of halogens is 1. The van der Waals surface area contributed by atoms with E-state index in [4.69, 9.17) is 4.74 Å². The molecular formula is C18H18BrN3O3S. The number of hydrogen-bond donors (Lipinski definition) is 1.